The first-order valence-corrected chi connectivity index (χ1v) is 7.50. The molecule has 114 valence electrons. The maximum atomic E-state index is 12.3. The quantitative estimate of drug-likeness (QED) is 0.559. The van der Waals surface area contributed by atoms with E-state index in [0.717, 1.165) is 19.3 Å². The van der Waals surface area contributed by atoms with Crippen LogP contribution >= 0.6 is 9.47 Å². The summed E-state index contributed by atoms with van der Waals surface area (Å²) in [5.41, 5.74) is 2.74. The van der Waals surface area contributed by atoms with Crippen LogP contribution in [-0.4, -0.2) is 45.8 Å². The summed E-state index contributed by atoms with van der Waals surface area (Å²) in [6, 6.07) is 0.0388. The third-order valence-corrected chi connectivity index (χ3v) is 4.23. The van der Waals surface area contributed by atoms with Crippen LogP contribution in [0.1, 0.15) is 39.0 Å². The molecule has 4 atom stereocenters. The second-order valence-corrected chi connectivity index (χ2v) is 5.45. The number of amides is 2. The van der Waals surface area contributed by atoms with Crippen LogP contribution in [0.5, 0.6) is 0 Å². The number of aliphatic hydroxyl groups is 1. The highest BCUT2D eigenvalue weighted by Crippen LogP contribution is 2.28. The van der Waals surface area contributed by atoms with Gasteiger partial charge in [-0.05, 0) is 25.7 Å². The fraction of sp³-hybridized carbons (Fsp3) is 0.833. The van der Waals surface area contributed by atoms with Gasteiger partial charge in [-0.3, -0.25) is 19.2 Å². The van der Waals surface area contributed by atoms with Crippen LogP contribution in [0.25, 0.3) is 0 Å². The Hall–Kier alpha value is -0.750. The highest BCUT2D eigenvalue weighted by molar-refractivity contribution is 7.09. The Morgan fingerprint density at radius 3 is 2.80 bits per heavy atom. The molecule has 2 aliphatic heterocycles. The van der Waals surface area contributed by atoms with Crippen LogP contribution in [0.3, 0.4) is 0 Å². The fourth-order valence-electron chi connectivity index (χ4n) is 2.79. The van der Waals surface area contributed by atoms with Crippen molar-refractivity contribution in [3.63, 3.8) is 0 Å². The lowest BCUT2D eigenvalue weighted by Gasteiger charge is -2.38. The van der Waals surface area contributed by atoms with Gasteiger partial charge in [-0.1, -0.05) is 6.92 Å². The van der Waals surface area contributed by atoms with Crippen molar-refractivity contribution in [3.8, 4) is 0 Å². The molecule has 20 heavy (non-hydrogen) atoms. The summed E-state index contributed by atoms with van der Waals surface area (Å²) < 4.78 is 5.06. The van der Waals surface area contributed by atoms with Crippen molar-refractivity contribution < 1.29 is 19.3 Å². The summed E-state index contributed by atoms with van der Waals surface area (Å²) in [5, 5.41) is 12.9. The largest absolute Gasteiger partial charge is 0.376 e. The molecule has 2 rings (SSSR count). The first-order chi connectivity index (χ1) is 9.58. The first-order valence-electron chi connectivity index (χ1n) is 7.03. The standard InChI is InChI=1S/C12H22N3O4P/c1-2-8-5-6-9(12(18)15(8)19-20)11(17)13-14-7-3-4-10(14)16/h8-9,11,13,17H,2-7,20H2,1H3/t8-,9-,11?/m0/s1. The Labute approximate surface area is 120 Å². The van der Waals surface area contributed by atoms with E-state index in [1.54, 1.807) is 0 Å². The van der Waals surface area contributed by atoms with Gasteiger partial charge in [0.25, 0.3) is 5.91 Å². The second-order valence-electron chi connectivity index (χ2n) is 5.24. The van der Waals surface area contributed by atoms with Crippen molar-refractivity contribution in [2.24, 2.45) is 5.92 Å². The van der Waals surface area contributed by atoms with E-state index >= 15 is 0 Å². The van der Waals surface area contributed by atoms with Gasteiger partial charge < -0.3 is 5.11 Å². The average molecular weight is 303 g/mol. The second kappa shape index (κ2) is 6.80. The molecule has 2 N–H and O–H groups in total. The Bertz CT molecular complexity index is 382. The van der Waals surface area contributed by atoms with Crippen LogP contribution in [0, 0.1) is 5.92 Å². The van der Waals surface area contributed by atoms with Gasteiger partial charge in [0.2, 0.25) is 5.91 Å². The Kier molecular flexibility index (Phi) is 5.32. The maximum Gasteiger partial charge on any atom is 0.253 e. The molecule has 0 aromatic rings. The number of hydrogen-bond acceptors (Lipinski definition) is 5. The van der Waals surface area contributed by atoms with Crippen molar-refractivity contribution in [2.45, 2.75) is 51.3 Å². The van der Waals surface area contributed by atoms with Gasteiger partial charge in [-0.2, -0.15) is 0 Å². The number of piperidine rings is 1. The topological polar surface area (TPSA) is 82.1 Å². The normalized spacial score (nSPS) is 29.1. The minimum absolute atomic E-state index is 0.0388. The molecule has 2 saturated heterocycles. The van der Waals surface area contributed by atoms with E-state index in [9.17, 15) is 14.7 Å². The summed E-state index contributed by atoms with van der Waals surface area (Å²) in [6.45, 7) is 2.56. The molecule has 0 radical (unpaired) electrons. The van der Waals surface area contributed by atoms with Crippen molar-refractivity contribution >= 4 is 21.3 Å². The van der Waals surface area contributed by atoms with E-state index in [1.165, 1.54) is 10.1 Å². The molecule has 0 aromatic heterocycles. The van der Waals surface area contributed by atoms with E-state index in [2.05, 4.69) is 14.9 Å². The molecular weight excluding hydrogens is 281 g/mol. The lowest BCUT2D eigenvalue weighted by Crippen LogP contribution is -2.56. The van der Waals surface area contributed by atoms with E-state index in [1.807, 2.05) is 6.92 Å². The number of aliphatic hydroxyl groups excluding tert-OH is 1. The molecule has 2 aliphatic rings. The highest BCUT2D eigenvalue weighted by atomic mass is 31.0. The first kappa shape index (κ1) is 15.6. The van der Waals surface area contributed by atoms with Crippen LogP contribution < -0.4 is 5.43 Å². The van der Waals surface area contributed by atoms with E-state index in [0.29, 0.717) is 19.4 Å². The molecule has 0 bridgehead atoms. The lowest BCUT2D eigenvalue weighted by atomic mass is 9.91. The summed E-state index contributed by atoms with van der Waals surface area (Å²) in [4.78, 5) is 23.8. The molecule has 2 heterocycles. The van der Waals surface area contributed by atoms with Crippen LogP contribution in [0.2, 0.25) is 0 Å². The number of nitrogens with one attached hydrogen (secondary N) is 1. The van der Waals surface area contributed by atoms with Gasteiger partial charge in [-0.15, -0.1) is 0 Å². The van der Waals surface area contributed by atoms with Crippen molar-refractivity contribution in [3.05, 3.63) is 0 Å². The van der Waals surface area contributed by atoms with Crippen molar-refractivity contribution in [1.82, 2.24) is 15.5 Å². The molecule has 0 aliphatic carbocycles. The predicted molar refractivity (Wildman–Crippen MR) is 74.5 cm³/mol. The summed E-state index contributed by atoms with van der Waals surface area (Å²) in [6.07, 6.45) is 2.35. The van der Waals surface area contributed by atoms with Gasteiger partial charge in [0.15, 0.2) is 0 Å². The van der Waals surface area contributed by atoms with Crippen molar-refractivity contribution in [2.75, 3.05) is 6.54 Å². The number of hydroxylamine groups is 2. The number of rotatable bonds is 5. The van der Waals surface area contributed by atoms with E-state index < -0.39 is 12.1 Å². The molecule has 8 heteroatoms. The third kappa shape index (κ3) is 3.11. The van der Waals surface area contributed by atoms with Crippen LogP contribution in [0.4, 0.5) is 0 Å². The molecule has 7 nitrogen and oxygen atoms in total. The fourth-order valence-corrected chi connectivity index (χ4v) is 3.07. The molecule has 2 fully saturated rings. The van der Waals surface area contributed by atoms with Gasteiger partial charge in [0, 0.05) is 22.4 Å². The molecule has 0 aromatic carbocycles. The van der Waals surface area contributed by atoms with Gasteiger partial charge >= 0.3 is 0 Å². The number of nitrogens with zero attached hydrogens (tertiary/aromatic N) is 2. The zero-order valence-corrected chi connectivity index (χ0v) is 12.8. The Morgan fingerprint density at radius 2 is 2.25 bits per heavy atom. The smallest absolute Gasteiger partial charge is 0.253 e. The van der Waals surface area contributed by atoms with E-state index in [4.69, 9.17) is 4.62 Å². The Morgan fingerprint density at radius 1 is 1.50 bits per heavy atom. The molecule has 0 spiro atoms. The maximum absolute atomic E-state index is 12.3. The number of hydrogen-bond donors (Lipinski definition) is 2. The SMILES string of the molecule is CC[C@H]1CC[C@@H](C(O)NN2CCCC2=O)C(=O)N1OP. The average Bonchev–Trinajstić information content (AvgIpc) is 2.83. The van der Waals surface area contributed by atoms with Crippen LogP contribution in [-0.2, 0) is 14.2 Å². The molecule has 0 saturated carbocycles. The lowest BCUT2D eigenvalue weighted by molar-refractivity contribution is -0.183. The minimum atomic E-state index is -1.06. The zero-order chi connectivity index (χ0) is 14.7. The number of carbonyl (C=O) groups excluding carboxylic acids is 2. The Balaban J connectivity index is 1.97. The van der Waals surface area contributed by atoms with Gasteiger partial charge in [-0.25, -0.2) is 10.5 Å². The zero-order valence-electron chi connectivity index (χ0n) is 11.6. The van der Waals surface area contributed by atoms with E-state index in [-0.39, 0.29) is 17.9 Å². The summed E-state index contributed by atoms with van der Waals surface area (Å²) in [7, 11) is 2.08. The minimum Gasteiger partial charge on any atom is -0.376 e. The number of hydrazine groups is 1. The summed E-state index contributed by atoms with van der Waals surface area (Å²) in [5.74, 6) is -0.880. The van der Waals surface area contributed by atoms with Gasteiger partial charge in [0.1, 0.15) is 6.23 Å². The highest BCUT2D eigenvalue weighted by Gasteiger charge is 2.40. The molecule has 2 unspecified atom stereocenters. The molecular formula is C12H22N3O4P. The third-order valence-electron chi connectivity index (χ3n) is 4.00. The number of carbonyl (C=O) groups is 2. The summed E-state index contributed by atoms with van der Waals surface area (Å²) >= 11 is 0. The predicted octanol–water partition coefficient (Wildman–Crippen LogP) is 0.171. The monoisotopic (exact) mass is 303 g/mol. The van der Waals surface area contributed by atoms with Gasteiger partial charge in [0.05, 0.1) is 12.0 Å². The van der Waals surface area contributed by atoms with Crippen molar-refractivity contribution in [1.29, 1.82) is 0 Å². The van der Waals surface area contributed by atoms with Crippen LogP contribution in [0.15, 0.2) is 0 Å². The molecule has 2 amide bonds.